The van der Waals surface area contributed by atoms with Crippen LogP contribution in [0.3, 0.4) is 0 Å². The number of amides is 1. The molecule has 3 aromatic carbocycles. The maximum Gasteiger partial charge on any atom is 0.279 e. The van der Waals surface area contributed by atoms with Gasteiger partial charge in [0.25, 0.3) is 5.91 Å². The molecule has 0 spiro atoms. The third-order valence-corrected chi connectivity index (χ3v) is 5.72. The van der Waals surface area contributed by atoms with Crippen molar-refractivity contribution in [2.45, 2.75) is 6.54 Å². The van der Waals surface area contributed by atoms with E-state index in [1.165, 1.54) is 15.8 Å². The van der Waals surface area contributed by atoms with E-state index in [1.54, 1.807) is 12.0 Å². The molecule has 3 N–H and O–H groups in total. The van der Waals surface area contributed by atoms with Crippen molar-refractivity contribution in [1.82, 2.24) is 0 Å². The van der Waals surface area contributed by atoms with Gasteiger partial charge in [-0.2, -0.15) is 0 Å². The number of quaternary nitrogens is 2. The normalized spacial score (nSPS) is 19.1. The van der Waals surface area contributed by atoms with Crippen LogP contribution in [-0.2, 0) is 11.3 Å². The number of fused-ring (bicyclic) bond motifs is 1. The molecule has 150 valence electrons. The fraction of sp³-hybridized carbons (Fsp3) is 0.292. The summed E-state index contributed by atoms with van der Waals surface area (Å²) in [4.78, 5) is 15.4. The Morgan fingerprint density at radius 1 is 0.897 bits per heavy atom. The topological polar surface area (TPSA) is 47.2 Å². The Balaban J connectivity index is 1.24. The number of hydrogen-bond donors (Lipinski definition) is 3. The first-order valence-corrected chi connectivity index (χ1v) is 10.3. The Bertz CT molecular complexity index is 963. The molecule has 4 rings (SSSR count). The van der Waals surface area contributed by atoms with E-state index >= 15 is 0 Å². The van der Waals surface area contributed by atoms with Crippen molar-refractivity contribution >= 4 is 22.4 Å². The molecule has 29 heavy (non-hydrogen) atoms. The molecule has 0 unspecified atom stereocenters. The summed E-state index contributed by atoms with van der Waals surface area (Å²) in [6.45, 7) is 5.78. The zero-order chi connectivity index (χ0) is 20.1. The minimum atomic E-state index is 0.0916. The third kappa shape index (κ3) is 5.13. The smallest absolute Gasteiger partial charge is 0.279 e. The number of nitrogens with one attached hydrogen (secondary N) is 3. The third-order valence-electron chi connectivity index (χ3n) is 5.72. The summed E-state index contributed by atoms with van der Waals surface area (Å²) in [6, 6.07) is 22.6. The molecule has 0 atom stereocenters. The zero-order valence-corrected chi connectivity index (χ0v) is 16.9. The van der Waals surface area contributed by atoms with E-state index in [2.05, 4.69) is 35.6 Å². The van der Waals surface area contributed by atoms with E-state index in [0.717, 1.165) is 49.5 Å². The van der Waals surface area contributed by atoms with E-state index in [-0.39, 0.29) is 5.91 Å². The maximum atomic E-state index is 12.5. The molecule has 0 aromatic heterocycles. The quantitative estimate of drug-likeness (QED) is 0.581. The van der Waals surface area contributed by atoms with E-state index in [1.807, 2.05) is 36.4 Å². The average molecular weight is 392 g/mol. The van der Waals surface area contributed by atoms with Gasteiger partial charge >= 0.3 is 0 Å². The standard InChI is InChI=1S/C24H27N3O2/c1-29-23-10-6-19(7-11-23)17-26-12-14-27(15-13-26)18-24(28)25-22-9-8-20-4-2-3-5-21(20)16-22/h2-11,16H,12-15,17-18H2,1H3,(H,25,28)/p+2. The van der Waals surface area contributed by atoms with Crippen LogP contribution < -0.4 is 19.9 Å². The predicted molar refractivity (Wildman–Crippen MR) is 116 cm³/mol. The molecule has 1 heterocycles. The molecule has 1 saturated heterocycles. The van der Waals surface area contributed by atoms with Crippen molar-refractivity contribution < 1.29 is 19.3 Å². The number of hydrogen-bond acceptors (Lipinski definition) is 2. The van der Waals surface area contributed by atoms with Gasteiger partial charge in [0.2, 0.25) is 0 Å². The van der Waals surface area contributed by atoms with Crippen LogP contribution in [-0.4, -0.2) is 45.7 Å². The fourth-order valence-corrected chi connectivity index (χ4v) is 4.04. The van der Waals surface area contributed by atoms with Crippen molar-refractivity contribution in [3.05, 3.63) is 72.3 Å². The Kier molecular flexibility index (Phi) is 6.08. The molecule has 0 bridgehead atoms. The first-order valence-electron chi connectivity index (χ1n) is 10.3. The molecule has 1 fully saturated rings. The number of piperazine rings is 1. The van der Waals surface area contributed by atoms with Crippen molar-refractivity contribution in [3.63, 3.8) is 0 Å². The molecular formula is C24H29N3O2+2. The maximum absolute atomic E-state index is 12.5. The van der Waals surface area contributed by atoms with Crippen LogP contribution in [0.2, 0.25) is 0 Å². The second-order valence-corrected chi connectivity index (χ2v) is 7.81. The molecule has 1 aliphatic heterocycles. The van der Waals surface area contributed by atoms with Crippen LogP contribution >= 0.6 is 0 Å². The molecule has 5 heteroatoms. The van der Waals surface area contributed by atoms with Crippen LogP contribution in [0.15, 0.2) is 66.7 Å². The van der Waals surface area contributed by atoms with Gasteiger partial charge in [-0.3, -0.25) is 4.79 Å². The monoisotopic (exact) mass is 391 g/mol. The molecule has 1 aliphatic rings. The second-order valence-electron chi connectivity index (χ2n) is 7.81. The van der Waals surface area contributed by atoms with Gasteiger partial charge in [-0.15, -0.1) is 0 Å². The number of benzene rings is 3. The van der Waals surface area contributed by atoms with Crippen LogP contribution in [0, 0.1) is 0 Å². The highest BCUT2D eigenvalue weighted by molar-refractivity contribution is 5.94. The first kappa shape index (κ1) is 19.4. The highest BCUT2D eigenvalue weighted by atomic mass is 16.5. The van der Waals surface area contributed by atoms with Crippen LogP contribution in [0.1, 0.15) is 5.56 Å². The van der Waals surface area contributed by atoms with Crippen molar-refractivity contribution in [2.24, 2.45) is 0 Å². The lowest BCUT2D eigenvalue weighted by atomic mass is 10.1. The number of carbonyl (C=O) groups is 1. The fourth-order valence-electron chi connectivity index (χ4n) is 4.04. The predicted octanol–water partition coefficient (Wildman–Crippen LogP) is 0.771. The number of rotatable bonds is 6. The molecule has 5 nitrogen and oxygen atoms in total. The van der Waals surface area contributed by atoms with Gasteiger partial charge in [0, 0.05) is 11.3 Å². The summed E-state index contributed by atoms with van der Waals surface area (Å²) >= 11 is 0. The summed E-state index contributed by atoms with van der Waals surface area (Å²) < 4.78 is 5.23. The van der Waals surface area contributed by atoms with Crippen LogP contribution in [0.5, 0.6) is 5.75 Å². The van der Waals surface area contributed by atoms with Gasteiger partial charge in [0.15, 0.2) is 6.54 Å². The summed E-state index contributed by atoms with van der Waals surface area (Å²) in [5.74, 6) is 0.990. The minimum Gasteiger partial charge on any atom is -0.497 e. The van der Waals surface area contributed by atoms with Gasteiger partial charge < -0.3 is 19.9 Å². The van der Waals surface area contributed by atoms with Crippen LogP contribution in [0.25, 0.3) is 10.8 Å². The zero-order valence-electron chi connectivity index (χ0n) is 16.9. The largest absolute Gasteiger partial charge is 0.497 e. The van der Waals surface area contributed by atoms with Gasteiger partial charge in [-0.1, -0.05) is 30.3 Å². The van der Waals surface area contributed by atoms with E-state index in [9.17, 15) is 4.79 Å². The van der Waals surface area contributed by atoms with E-state index in [4.69, 9.17) is 4.74 Å². The number of anilines is 1. The first-order chi connectivity index (χ1) is 14.2. The molecule has 1 amide bonds. The van der Waals surface area contributed by atoms with Gasteiger partial charge in [-0.05, 0) is 47.2 Å². The number of methoxy groups -OCH3 is 1. The molecule has 0 saturated carbocycles. The average Bonchev–Trinajstić information content (AvgIpc) is 2.75. The summed E-state index contributed by atoms with van der Waals surface area (Å²) in [5, 5.41) is 5.40. The summed E-state index contributed by atoms with van der Waals surface area (Å²) in [7, 11) is 1.69. The lowest BCUT2D eigenvalue weighted by Crippen LogP contribution is -3.28. The Hall–Kier alpha value is -2.89. The van der Waals surface area contributed by atoms with Gasteiger partial charge in [-0.25, -0.2) is 0 Å². The lowest BCUT2D eigenvalue weighted by molar-refractivity contribution is -1.02. The Morgan fingerprint density at radius 2 is 1.59 bits per heavy atom. The van der Waals surface area contributed by atoms with E-state index in [0.29, 0.717) is 6.54 Å². The van der Waals surface area contributed by atoms with Gasteiger partial charge in [0.05, 0.1) is 7.11 Å². The van der Waals surface area contributed by atoms with Gasteiger partial charge in [0.1, 0.15) is 38.5 Å². The summed E-state index contributed by atoms with van der Waals surface area (Å²) in [6.07, 6.45) is 0. The highest BCUT2D eigenvalue weighted by Crippen LogP contribution is 2.18. The highest BCUT2D eigenvalue weighted by Gasteiger charge is 2.24. The molecular weight excluding hydrogens is 362 g/mol. The van der Waals surface area contributed by atoms with Crippen molar-refractivity contribution in [2.75, 3.05) is 45.2 Å². The number of ether oxygens (including phenoxy) is 1. The van der Waals surface area contributed by atoms with E-state index < -0.39 is 0 Å². The SMILES string of the molecule is COc1ccc(C[NH+]2CC[NH+](CC(=O)Nc3ccc4ccccc4c3)CC2)cc1. The van der Waals surface area contributed by atoms with Crippen molar-refractivity contribution in [1.29, 1.82) is 0 Å². The Morgan fingerprint density at radius 3 is 2.31 bits per heavy atom. The second kappa shape index (κ2) is 9.07. The Labute approximate surface area is 171 Å². The molecule has 3 aromatic rings. The lowest BCUT2D eigenvalue weighted by Gasteiger charge is -2.29. The number of carbonyl (C=O) groups excluding carboxylic acids is 1. The van der Waals surface area contributed by atoms with Crippen LogP contribution in [0.4, 0.5) is 5.69 Å². The molecule has 0 radical (unpaired) electrons. The van der Waals surface area contributed by atoms with Crippen molar-refractivity contribution in [3.8, 4) is 5.75 Å². The molecule has 0 aliphatic carbocycles. The summed E-state index contributed by atoms with van der Waals surface area (Å²) in [5.41, 5.74) is 2.20. The minimum absolute atomic E-state index is 0.0916.